The van der Waals surface area contributed by atoms with E-state index in [-0.39, 0.29) is 17.3 Å². The Labute approximate surface area is 152 Å². The Morgan fingerprint density at radius 1 is 1.16 bits per heavy atom. The summed E-state index contributed by atoms with van der Waals surface area (Å²) in [6.45, 7) is 1.36. The van der Waals surface area contributed by atoms with E-state index >= 15 is 0 Å². The zero-order chi connectivity index (χ0) is 17.9. The van der Waals surface area contributed by atoms with Crippen molar-refractivity contribution in [2.45, 2.75) is 36.5 Å². The fraction of sp³-hybridized carbons (Fsp3) is 0.562. The molecule has 0 radical (unpaired) electrons. The second-order valence-electron chi connectivity index (χ2n) is 6.00. The van der Waals surface area contributed by atoms with Crippen molar-refractivity contribution in [3.63, 3.8) is 0 Å². The van der Waals surface area contributed by atoms with Crippen LogP contribution in [0.1, 0.15) is 19.3 Å². The van der Waals surface area contributed by atoms with Crippen molar-refractivity contribution in [1.29, 1.82) is 0 Å². The van der Waals surface area contributed by atoms with Crippen LogP contribution in [0, 0.1) is 0 Å². The Hall–Kier alpha value is -1.19. The van der Waals surface area contributed by atoms with E-state index in [1.54, 1.807) is 0 Å². The molecule has 0 aliphatic carbocycles. The van der Waals surface area contributed by atoms with Gasteiger partial charge in [0.05, 0.1) is 24.7 Å². The zero-order valence-corrected chi connectivity index (χ0v) is 15.3. The molecule has 2 aliphatic heterocycles. The number of nitrogens with zero attached hydrogens (tertiary/aromatic N) is 1. The summed E-state index contributed by atoms with van der Waals surface area (Å²) in [7, 11) is -3.90. The largest absolute Gasteiger partial charge is 0.355 e. The maximum absolute atomic E-state index is 13.2. The van der Waals surface area contributed by atoms with Crippen LogP contribution in [0.5, 0.6) is 0 Å². The van der Waals surface area contributed by atoms with Crippen molar-refractivity contribution in [2.24, 2.45) is 0 Å². The molecule has 25 heavy (non-hydrogen) atoms. The van der Waals surface area contributed by atoms with Gasteiger partial charge in [-0.05, 0) is 43.5 Å². The fourth-order valence-electron chi connectivity index (χ4n) is 2.99. The lowest BCUT2D eigenvalue weighted by atomic mass is 10.1. The predicted octanol–water partition coefficient (Wildman–Crippen LogP) is 1.37. The molecule has 3 rings (SSSR count). The maximum Gasteiger partial charge on any atom is 0.243 e. The highest BCUT2D eigenvalue weighted by Gasteiger charge is 2.38. The number of hydrogen-bond acceptors (Lipinski definition) is 5. The Bertz CT molecular complexity index is 704. The van der Waals surface area contributed by atoms with Crippen LogP contribution in [0.2, 0.25) is 5.02 Å². The van der Waals surface area contributed by atoms with E-state index in [1.165, 1.54) is 28.6 Å². The fourth-order valence-corrected chi connectivity index (χ4v) is 4.72. The molecule has 2 fully saturated rings. The van der Waals surface area contributed by atoms with Gasteiger partial charge in [-0.3, -0.25) is 4.79 Å². The first-order valence-corrected chi connectivity index (χ1v) is 10.1. The van der Waals surface area contributed by atoms with Crippen molar-refractivity contribution >= 4 is 27.5 Å². The van der Waals surface area contributed by atoms with E-state index in [9.17, 15) is 13.2 Å². The van der Waals surface area contributed by atoms with Gasteiger partial charge in [0, 0.05) is 11.6 Å². The summed E-state index contributed by atoms with van der Waals surface area (Å²) in [5, 5.41) is 3.23. The van der Waals surface area contributed by atoms with Gasteiger partial charge in [-0.25, -0.2) is 8.42 Å². The SMILES string of the molecule is O=C1NCCCC[C@H]1N(CC1OCCO1)S(=O)(=O)c1ccc(Cl)cc1. The van der Waals surface area contributed by atoms with E-state index in [0.717, 1.165) is 12.8 Å². The first-order valence-electron chi connectivity index (χ1n) is 8.27. The molecule has 1 aromatic rings. The molecular weight excluding hydrogens is 368 g/mol. The summed E-state index contributed by atoms with van der Waals surface area (Å²) < 4.78 is 38.4. The molecule has 7 nitrogen and oxygen atoms in total. The average molecular weight is 389 g/mol. The van der Waals surface area contributed by atoms with Gasteiger partial charge in [-0.2, -0.15) is 4.31 Å². The maximum atomic E-state index is 13.2. The Morgan fingerprint density at radius 3 is 2.52 bits per heavy atom. The molecule has 2 heterocycles. The van der Waals surface area contributed by atoms with Crippen molar-refractivity contribution in [3.05, 3.63) is 29.3 Å². The molecule has 0 bridgehead atoms. The Kier molecular flexibility index (Phi) is 5.96. The third-order valence-corrected chi connectivity index (χ3v) is 6.43. The lowest BCUT2D eigenvalue weighted by molar-refractivity contribution is -0.126. The highest BCUT2D eigenvalue weighted by molar-refractivity contribution is 7.89. The molecular formula is C16H21ClN2O5S. The van der Waals surface area contributed by atoms with Crippen molar-refractivity contribution in [2.75, 3.05) is 26.3 Å². The van der Waals surface area contributed by atoms with Gasteiger partial charge in [-0.15, -0.1) is 0 Å². The molecule has 2 aliphatic rings. The number of halogens is 1. The summed E-state index contributed by atoms with van der Waals surface area (Å²) in [5.74, 6) is -0.284. The minimum absolute atomic E-state index is 0.0248. The summed E-state index contributed by atoms with van der Waals surface area (Å²) in [4.78, 5) is 12.5. The highest BCUT2D eigenvalue weighted by Crippen LogP contribution is 2.25. The van der Waals surface area contributed by atoms with Crippen molar-refractivity contribution in [1.82, 2.24) is 9.62 Å². The minimum Gasteiger partial charge on any atom is -0.355 e. The van der Waals surface area contributed by atoms with Gasteiger partial charge >= 0.3 is 0 Å². The second-order valence-corrected chi connectivity index (χ2v) is 8.33. The van der Waals surface area contributed by atoms with Gasteiger partial charge in [0.2, 0.25) is 15.9 Å². The number of sulfonamides is 1. The van der Waals surface area contributed by atoms with Gasteiger partial charge in [0.15, 0.2) is 6.29 Å². The van der Waals surface area contributed by atoms with Crippen molar-refractivity contribution in [3.8, 4) is 0 Å². The molecule has 1 amide bonds. The lowest BCUT2D eigenvalue weighted by Crippen LogP contribution is -2.51. The van der Waals surface area contributed by atoms with E-state index < -0.39 is 22.4 Å². The van der Waals surface area contributed by atoms with Crippen LogP contribution in [0.3, 0.4) is 0 Å². The number of carbonyl (C=O) groups is 1. The van der Waals surface area contributed by atoms with Crippen LogP contribution in [-0.4, -0.2) is 57.3 Å². The predicted molar refractivity (Wildman–Crippen MR) is 91.7 cm³/mol. The minimum atomic E-state index is -3.90. The first-order chi connectivity index (χ1) is 12.0. The summed E-state index contributed by atoms with van der Waals surface area (Å²) >= 11 is 5.86. The number of carbonyl (C=O) groups excluding carboxylic acids is 1. The van der Waals surface area contributed by atoms with Gasteiger partial charge < -0.3 is 14.8 Å². The van der Waals surface area contributed by atoms with Crippen LogP contribution >= 0.6 is 11.6 Å². The van der Waals surface area contributed by atoms with Crippen molar-refractivity contribution < 1.29 is 22.7 Å². The number of ether oxygens (including phenoxy) is 2. The third kappa shape index (κ3) is 4.32. The standard InChI is InChI=1S/C16H21ClN2O5S/c17-12-4-6-13(7-5-12)25(21,22)19(11-15-23-9-10-24-15)14-3-1-2-8-18-16(14)20/h4-7,14-15H,1-3,8-11H2,(H,18,20)/t14-/m1/s1. The molecule has 2 saturated heterocycles. The van der Waals surface area contributed by atoms with E-state index in [2.05, 4.69) is 5.32 Å². The van der Waals surface area contributed by atoms with Crippen LogP contribution < -0.4 is 5.32 Å². The van der Waals surface area contributed by atoms with E-state index in [0.29, 0.717) is 31.2 Å². The number of nitrogens with one attached hydrogen (secondary N) is 1. The van der Waals surface area contributed by atoms with Gasteiger partial charge in [0.25, 0.3) is 0 Å². The number of rotatable bonds is 5. The molecule has 1 N–H and O–H groups in total. The third-order valence-electron chi connectivity index (χ3n) is 4.29. The van der Waals surface area contributed by atoms with Crippen LogP contribution in [0.4, 0.5) is 0 Å². The molecule has 0 saturated carbocycles. The monoisotopic (exact) mass is 388 g/mol. The Balaban J connectivity index is 1.93. The summed E-state index contributed by atoms with van der Waals surface area (Å²) in [6, 6.07) is 5.13. The van der Waals surface area contributed by atoms with Gasteiger partial charge in [0.1, 0.15) is 6.04 Å². The number of amides is 1. The second kappa shape index (κ2) is 8.01. The average Bonchev–Trinajstić information content (AvgIpc) is 3.01. The topological polar surface area (TPSA) is 84.9 Å². The molecule has 0 spiro atoms. The molecule has 0 unspecified atom stereocenters. The molecule has 1 atom stereocenters. The molecule has 1 aromatic carbocycles. The summed E-state index contributed by atoms with van der Waals surface area (Å²) in [5.41, 5.74) is 0. The summed E-state index contributed by atoms with van der Waals surface area (Å²) in [6.07, 6.45) is 1.39. The normalized spacial score (nSPS) is 22.8. The lowest BCUT2D eigenvalue weighted by Gasteiger charge is -2.30. The van der Waals surface area contributed by atoms with E-state index in [4.69, 9.17) is 21.1 Å². The molecule has 138 valence electrons. The smallest absolute Gasteiger partial charge is 0.243 e. The van der Waals surface area contributed by atoms with Crippen LogP contribution in [-0.2, 0) is 24.3 Å². The first kappa shape index (κ1) is 18.6. The van der Waals surface area contributed by atoms with Gasteiger partial charge in [-0.1, -0.05) is 11.6 Å². The number of benzene rings is 1. The quantitative estimate of drug-likeness (QED) is 0.823. The zero-order valence-electron chi connectivity index (χ0n) is 13.7. The van der Waals surface area contributed by atoms with Crippen LogP contribution in [0.25, 0.3) is 0 Å². The van der Waals surface area contributed by atoms with E-state index in [1.807, 2.05) is 0 Å². The molecule has 9 heteroatoms. The highest BCUT2D eigenvalue weighted by atomic mass is 35.5. The van der Waals surface area contributed by atoms with Crippen LogP contribution in [0.15, 0.2) is 29.2 Å². The number of hydrogen-bond donors (Lipinski definition) is 1. The molecule has 0 aromatic heterocycles. The Morgan fingerprint density at radius 2 is 1.84 bits per heavy atom.